The molecule has 3 radical (unpaired) electrons. The molecule has 117 heavy (non-hydrogen) atoms. The zero-order chi connectivity index (χ0) is 82.3. The van der Waals surface area contributed by atoms with E-state index in [1.807, 2.05) is 102 Å². The number of carboxylic acids is 1. The Morgan fingerprint density at radius 3 is 1.32 bits per heavy atom. The van der Waals surface area contributed by atoms with E-state index in [1.54, 1.807) is 41.7 Å². The topological polar surface area (TPSA) is 263 Å². The number of rotatable bonds is 17. The molecule has 9 aliphatic rings. The van der Waals surface area contributed by atoms with E-state index in [0.717, 1.165) is 185 Å². The number of carboxylic acid groups (broad SMARTS) is 1. The Hall–Kier alpha value is -5.81. The van der Waals surface area contributed by atoms with E-state index in [0.29, 0.717) is 130 Å². The number of ether oxygens (including phenoxy) is 3. The number of aldehydes is 1. The summed E-state index contributed by atoms with van der Waals surface area (Å²) in [6.45, 7) is 18.9. The summed E-state index contributed by atoms with van der Waals surface area (Å²) in [5.41, 5.74) is 13.0. The molecule has 3 saturated heterocycles. The fourth-order valence-electron chi connectivity index (χ4n) is 17.3. The summed E-state index contributed by atoms with van der Waals surface area (Å²) < 4.78 is 66.3. The number of aliphatic hydroxyl groups excluding tert-OH is 1. The van der Waals surface area contributed by atoms with Gasteiger partial charge >= 0.3 is 53.9 Å². The van der Waals surface area contributed by atoms with Crippen LogP contribution in [0.1, 0.15) is 214 Å². The van der Waals surface area contributed by atoms with Crippen molar-refractivity contribution in [3.05, 3.63) is 136 Å². The van der Waals surface area contributed by atoms with Crippen molar-refractivity contribution < 1.29 is 101 Å². The van der Waals surface area contributed by atoms with Crippen LogP contribution in [-0.2, 0) is 22.3 Å². The molecular weight excluding hydrogens is 1660 g/mol. The predicted octanol–water partition coefficient (Wildman–Crippen LogP) is 19.3. The summed E-state index contributed by atoms with van der Waals surface area (Å²) in [6, 6.07) is 19.9. The zero-order valence-corrected chi connectivity index (χ0v) is 74.6. The van der Waals surface area contributed by atoms with Gasteiger partial charge in [0.1, 0.15) is 57.7 Å². The molecule has 625 valence electrons. The van der Waals surface area contributed by atoms with Crippen molar-refractivity contribution in [1.29, 1.82) is 0 Å². The van der Waals surface area contributed by atoms with E-state index in [-0.39, 0.29) is 63.3 Å². The fraction of sp³-hybridized carbons (Fsp3) is 0.553. The zero-order valence-electron chi connectivity index (χ0n) is 68.3. The number of halogens is 9. The first-order valence-corrected chi connectivity index (χ1v) is 42.9. The largest absolute Gasteiger partial charge is 1.00 e. The first-order chi connectivity index (χ1) is 54.6. The number of amides is 2. The number of nitrogens with two attached hydrogens (primary N) is 1. The van der Waals surface area contributed by atoms with E-state index in [4.69, 9.17) is 113 Å². The van der Waals surface area contributed by atoms with Gasteiger partial charge in [0.05, 0.1) is 52.1 Å². The molecule has 17 rings (SSSR count). The van der Waals surface area contributed by atoms with Gasteiger partial charge in [0.15, 0.2) is 17.2 Å². The van der Waals surface area contributed by atoms with E-state index in [2.05, 4.69) is 20.4 Å². The van der Waals surface area contributed by atoms with Gasteiger partial charge in [-0.15, -0.1) is 0 Å². The molecular formula is C85H100BCl6F3N8NaO12S. The van der Waals surface area contributed by atoms with Crippen LogP contribution in [0.2, 0.25) is 30.1 Å². The maximum Gasteiger partial charge on any atom is 1.00 e. The summed E-state index contributed by atoms with van der Waals surface area (Å²) in [5, 5.41) is 34.0. The van der Waals surface area contributed by atoms with Gasteiger partial charge < -0.3 is 59.9 Å². The first kappa shape index (κ1) is 91.9. The monoisotopic (exact) mass is 1760 g/mol. The van der Waals surface area contributed by atoms with E-state index in [1.165, 1.54) is 24.0 Å². The van der Waals surface area contributed by atoms with Crippen LogP contribution in [0.5, 0.6) is 5.75 Å². The van der Waals surface area contributed by atoms with Crippen molar-refractivity contribution in [2.75, 3.05) is 50.8 Å². The molecule has 2 amide bonds. The molecule has 32 heteroatoms. The van der Waals surface area contributed by atoms with Gasteiger partial charge in [0.2, 0.25) is 0 Å². The second kappa shape index (κ2) is 38.7. The number of aromatic carboxylic acids is 1. The average Bonchev–Trinajstić information content (AvgIpc) is 1.63. The van der Waals surface area contributed by atoms with Crippen molar-refractivity contribution in [3.8, 4) is 39.5 Å². The molecule has 0 spiro atoms. The number of carbonyl (C=O) groups excluding carboxylic acids is 3. The predicted molar refractivity (Wildman–Crippen MR) is 448 cm³/mol. The van der Waals surface area contributed by atoms with Gasteiger partial charge in [0, 0.05) is 99.3 Å². The number of hydrogen-bond donors (Lipinski definition) is 3. The molecule has 4 N–H and O–H groups in total. The van der Waals surface area contributed by atoms with Gasteiger partial charge in [-0.2, -0.15) is 13.2 Å². The molecule has 4 aromatic carbocycles. The summed E-state index contributed by atoms with van der Waals surface area (Å²) in [6.07, 6.45) is 13.5. The number of carbonyl (C=O) groups is 4. The van der Waals surface area contributed by atoms with Crippen LogP contribution in [0.4, 0.5) is 27.9 Å². The second-order valence-corrected chi connectivity index (χ2v) is 38.0. The Kier molecular flexibility index (Phi) is 30.4. The molecule has 9 fully saturated rings. The normalized spacial score (nSPS) is 22.4. The average molecular weight is 1760 g/mol. The number of fused-ring (bicyclic) bond motifs is 4. The van der Waals surface area contributed by atoms with Crippen LogP contribution in [0, 0.1) is 47.3 Å². The number of likely N-dealkylation sites (tertiary alicyclic amines) is 2. The van der Waals surface area contributed by atoms with Crippen LogP contribution < -0.4 is 44.9 Å². The Balaban J connectivity index is 0.000000171. The maximum atomic E-state index is 12.5. The molecule has 6 aliphatic carbocycles. The third-order valence-electron chi connectivity index (χ3n) is 22.9. The minimum absolute atomic E-state index is 0. The number of nitrogens with zero attached hydrogens (tertiary/aromatic N) is 7. The maximum absolute atomic E-state index is 12.5. The molecule has 7 heterocycles. The van der Waals surface area contributed by atoms with Crippen molar-refractivity contribution in [2.24, 2.45) is 53.1 Å². The number of alkyl halides is 3. The Bertz CT molecular complexity index is 4740. The van der Waals surface area contributed by atoms with Crippen molar-refractivity contribution in [2.45, 2.75) is 205 Å². The van der Waals surface area contributed by atoms with Crippen LogP contribution in [0.15, 0.2) is 80.3 Å². The summed E-state index contributed by atoms with van der Waals surface area (Å²) >= 11 is 39.9. The van der Waals surface area contributed by atoms with E-state index in [9.17, 15) is 37.5 Å². The fourth-order valence-corrected chi connectivity index (χ4v) is 20.1. The third kappa shape index (κ3) is 22.9. The smallest absolute Gasteiger partial charge is 1.00 e. The van der Waals surface area contributed by atoms with Gasteiger partial charge in [-0.25, -0.2) is 19.4 Å². The third-order valence-corrected chi connectivity index (χ3v) is 25.8. The molecule has 9 atom stereocenters. The Morgan fingerprint density at radius 1 is 0.598 bits per heavy atom. The number of anilines is 1. The summed E-state index contributed by atoms with van der Waals surface area (Å²) in [5.74, 6) is 8.44. The van der Waals surface area contributed by atoms with Crippen LogP contribution in [0.3, 0.4) is 0 Å². The number of benzene rings is 4. The van der Waals surface area contributed by atoms with Gasteiger partial charge in [-0.3, -0.25) is 4.79 Å². The molecule has 0 bridgehead atoms. The van der Waals surface area contributed by atoms with Crippen LogP contribution >= 0.6 is 80.9 Å². The van der Waals surface area contributed by atoms with Crippen LogP contribution in [-0.4, -0.2) is 149 Å². The van der Waals surface area contributed by atoms with Gasteiger partial charge in [-0.1, -0.05) is 115 Å². The number of thiazole rings is 1. The molecule has 20 nitrogen and oxygen atoms in total. The van der Waals surface area contributed by atoms with E-state index < -0.39 is 30.0 Å². The first-order valence-electron chi connectivity index (χ1n) is 39.8. The standard InChI is InChI=1S/C32H33Cl2N3O4S.C26H32Cl2N2O3.C13H9Cl2NO2.C12H22N2O2.C2H3F3O.B.Na.H/c1-16(2)40-25-12-19(31(38)39)13-26-29(25)35-32(42-26)37-14-20-10-17(11-21(20)15-37)6-9-22-28(36-41-30(22)18-7-8-18)27-23(33)4-3-5-24(27)34;1-26(2,3)32-25(31)30-13-17-11-15(12-18(17)14-30)7-10-19-23(29-33-24(19)16-8-9-16)22-20(27)5-4-6-21(22)28;14-9-2-1-3-10(15)11(9)12-8(6-17)13(18-16-12)7-4-5-7;1-12(2,3)16-11(15)14-6-8-4-10(13)5-9(8)7-14;3-2(4,5)1-6;;;/h3-5,12-13,16-18,20-21H,6-11,14-15H2,1-2H3,(H,38,39);4-6,15-18H,7-14H2,1-3H3;1-3,6-7H,4-5H2;8-10H,4-7,13H2,1-3H3;6H,1H2;;;/q;;;;;;+1;-1/t17?,20-,21+;15?,17-,18+;;8-,9+,10?;;;;. The number of aliphatic hydroxyl groups is 1. The van der Waals surface area contributed by atoms with Crippen molar-refractivity contribution in [1.82, 2.24) is 30.3 Å². The Labute approximate surface area is 740 Å². The van der Waals surface area contributed by atoms with Gasteiger partial charge in [-0.05, 0) is 254 Å². The SMILES string of the molecule is CC(C)(C)OC(=O)N1C[C@H]2CC(CCc3c(-c4c(Cl)cccc4Cl)noc3C3CC3)C[C@H]2C1.CC(C)(C)OC(=O)N1C[C@H]2CC(N)C[C@H]2C1.CC(C)Oc1cc(C(=O)O)cc2sc(N3C[C@H]4CC(CCc5c(-c6c(Cl)cccc6Cl)noc5C5CC5)C[C@H]4C3)nc12.O=Cc1c(-c2c(Cl)cccc2Cl)noc1C1CC1.OCC(F)(F)F.[B].[H-].[Na+]. The summed E-state index contributed by atoms with van der Waals surface area (Å²) in [7, 11) is 0. The molecule has 4 aromatic heterocycles. The summed E-state index contributed by atoms with van der Waals surface area (Å²) in [4.78, 5) is 58.3. The van der Waals surface area contributed by atoms with E-state index >= 15 is 0 Å². The minimum Gasteiger partial charge on any atom is -1.00 e. The number of aromatic nitrogens is 4. The number of hydrogen-bond acceptors (Lipinski definition) is 18. The molecule has 6 saturated carbocycles. The molecule has 3 unspecified atom stereocenters. The van der Waals surface area contributed by atoms with Gasteiger partial charge in [0.25, 0.3) is 0 Å². The molecule has 8 aromatic rings. The van der Waals surface area contributed by atoms with Crippen molar-refractivity contribution in [3.63, 3.8) is 0 Å². The van der Waals surface area contributed by atoms with Crippen molar-refractivity contribution >= 4 is 129 Å². The quantitative estimate of drug-likeness (QED) is 0.0565. The second-order valence-electron chi connectivity index (χ2n) is 34.6. The Morgan fingerprint density at radius 2 is 0.957 bits per heavy atom. The molecule has 3 aliphatic heterocycles. The van der Waals surface area contributed by atoms with Crippen LogP contribution in [0.25, 0.3) is 44.0 Å². The minimum atomic E-state index is -4.40.